The highest BCUT2D eigenvalue weighted by Gasteiger charge is 2.37. The minimum atomic E-state index is -1.17. The number of hydrogen-bond acceptors (Lipinski definition) is 6. The first kappa shape index (κ1) is 22.9. The van der Waals surface area contributed by atoms with Crippen molar-refractivity contribution in [1.29, 1.82) is 0 Å². The molecule has 33 heavy (non-hydrogen) atoms. The van der Waals surface area contributed by atoms with Crippen molar-refractivity contribution in [1.82, 2.24) is 9.88 Å². The third-order valence-electron chi connectivity index (χ3n) is 5.08. The van der Waals surface area contributed by atoms with E-state index in [-0.39, 0.29) is 17.9 Å². The first-order chi connectivity index (χ1) is 15.8. The molecule has 0 unspecified atom stereocenters. The van der Waals surface area contributed by atoms with Crippen LogP contribution in [-0.4, -0.2) is 40.2 Å². The lowest BCUT2D eigenvalue weighted by molar-refractivity contribution is -0.139. The second-order valence-electron chi connectivity index (χ2n) is 7.13. The lowest BCUT2D eigenvalue weighted by Gasteiger charge is -2.35. The molecule has 1 aliphatic rings. The molecular weight excluding hydrogens is 478 g/mol. The second kappa shape index (κ2) is 9.72. The molecule has 1 aliphatic heterocycles. The van der Waals surface area contributed by atoms with E-state index in [1.165, 1.54) is 28.4 Å². The number of rotatable bonds is 6. The first-order valence-corrected chi connectivity index (χ1v) is 11.0. The van der Waals surface area contributed by atoms with Gasteiger partial charge in [0.2, 0.25) is 0 Å². The van der Waals surface area contributed by atoms with Gasteiger partial charge in [0, 0.05) is 23.6 Å². The van der Waals surface area contributed by atoms with Crippen molar-refractivity contribution in [2.75, 3.05) is 13.2 Å². The first-order valence-electron chi connectivity index (χ1n) is 9.77. The van der Waals surface area contributed by atoms with Gasteiger partial charge in [0.1, 0.15) is 30.0 Å². The topological polar surface area (TPSA) is 89.0 Å². The van der Waals surface area contributed by atoms with Crippen LogP contribution in [0.4, 0.5) is 13.6 Å². The molecule has 3 aromatic rings. The SMILES string of the molecule is O=C(O)COc1ccc(Cl)cc1[C@@H]1c2scnc2CCN1C(=O)OCc1c(F)cccc1F. The molecule has 11 heteroatoms. The monoisotopic (exact) mass is 494 g/mol. The number of thiazole rings is 1. The Morgan fingerprint density at radius 3 is 2.73 bits per heavy atom. The molecule has 2 aromatic carbocycles. The fourth-order valence-corrected chi connectivity index (χ4v) is 4.73. The van der Waals surface area contributed by atoms with Crippen molar-refractivity contribution in [3.8, 4) is 5.75 Å². The molecule has 0 saturated carbocycles. The zero-order valence-electron chi connectivity index (χ0n) is 17.0. The Kier molecular flexibility index (Phi) is 6.75. The summed E-state index contributed by atoms with van der Waals surface area (Å²) < 4.78 is 38.6. The van der Waals surface area contributed by atoms with Crippen molar-refractivity contribution in [3.05, 3.63) is 80.3 Å². The number of carboxylic acid groups (broad SMARTS) is 1. The number of fused-ring (bicyclic) bond motifs is 1. The van der Waals surface area contributed by atoms with Crippen molar-refractivity contribution < 1.29 is 33.0 Å². The van der Waals surface area contributed by atoms with Crippen LogP contribution in [-0.2, 0) is 22.6 Å². The number of amides is 1. The zero-order valence-corrected chi connectivity index (χ0v) is 18.5. The van der Waals surface area contributed by atoms with Crippen LogP contribution >= 0.6 is 22.9 Å². The number of aliphatic carboxylic acids is 1. The van der Waals surface area contributed by atoms with Crippen molar-refractivity contribution in [2.24, 2.45) is 0 Å². The number of aromatic nitrogens is 1. The maximum absolute atomic E-state index is 14.0. The van der Waals surface area contributed by atoms with E-state index in [1.54, 1.807) is 17.6 Å². The number of ether oxygens (including phenoxy) is 2. The van der Waals surface area contributed by atoms with Crippen molar-refractivity contribution in [2.45, 2.75) is 19.1 Å². The van der Waals surface area contributed by atoms with Gasteiger partial charge in [-0.15, -0.1) is 11.3 Å². The Bertz CT molecular complexity index is 1190. The van der Waals surface area contributed by atoms with Crippen LogP contribution < -0.4 is 4.74 Å². The summed E-state index contributed by atoms with van der Waals surface area (Å²) in [6.07, 6.45) is -0.351. The summed E-state index contributed by atoms with van der Waals surface area (Å²) in [4.78, 5) is 30.5. The van der Waals surface area contributed by atoms with Crippen LogP contribution in [0, 0.1) is 11.6 Å². The maximum Gasteiger partial charge on any atom is 0.410 e. The van der Waals surface area contributed by atoms with E-state index in [2.05, 4.69) is 4.98 Å². The molecular formula is C22H17ClF2N2O5S. The number of hydrogen-bond donors (Lipinski definition) is 1. The number of carbonyl (C=O) groups is 2. The zero-order chi connectivity index (χ0) is 23.5. The quantitative estimate of drug-likeness (QED) is 0.528. The normalized spacial score (nSPS) is 15.1. The predicted octanol–water partition coefficient (Wildman–Crippen LogP) is 4.82. The Labute approximate surface area is 196 Å². The van der Waals surface area contributed by atoms with Gasteiger partial charge in [0.25, 0.3) is 0 Å². The molecule has 1 N–H and O–H groups in total. The third kappa shape index (κ3) is 4.91. The summed E-state index contributed by atoms with van der Waals surface area (Å²) >= 11 is 7.51. The van der Waals surface area contributed by atoms with Gasteiger partial charge < -0.3 is 14.6 Å². The molecule has 172 valence electrons. The van der Waals surface area contributed by atoms with Crippen LogP contribution in [0.15, 0.2) is 41.9 Å². The lowest BCUT2D eigenvalue weighted by atomic mass is 9.97. The van der Waals surface area contributed by atoms with E-state index < -0.39 is 43.0 Å². The highest BCUT2D eigenvalue weighted by atomic mass is 35.5. The average Bonchev–Trinajstić information content (AvgIpc) is 3.26. The van der Waals surface area contributed by atoms with Crippen molar-refractivity contribution >= 4 is 35.0 Å². The summed E-state index contributed by atoms with van der Waals surface area (Å²) in [5, 5.41) is 9.37. The van der Waals surface area contributed by atoms with Crippen molar-refractivity contribution in [3.63, 3.8) is 0 Å². The van der Waals surface area contributed by atoms with Crippen LogP contribution in [0.5, 0.6) is 5.75 Å². The maximum atomic E-state index is 14.0. The molecule has 0 spiro atoms. The van der Waals surface area contributed by atoms with Gasteiger partial charge in [0.15, 0.2) is 6.61 Å². The number of nitrogens with zero attached hydrogens (tertiary/aromatic N) is 2. The van der Waals surface area contributed by atoms with Gasteiger partial charge in [-0.25, -0.2) is 23.4 Å². The molecule has 0 saturated heterocycles. The minimum Gasteiger partial charge on any atom is -0.482 e. The number of carboxylic acids is 1. The minimum absolute atomic E-state index is 0.213. The van der Waals surface area contributed by atoms with Crippen LogP contribution in [0.3, 0.4) is 0 Å². The smallest absolute Gasteiger partial charge is 0.410 e. The molecule has 1 atom stereocenters. The molecule has 1 aromatic heterocycles. The molecule has 1 amide bonds. The van der Waals surface area contributed by atoms with Crippen LogP contribution in [0.2, 0.25) is 5.02 Å². The lowest BCUT2D eigenvalue weighted by Crippen LogP contribution is -2.40. The largest absolute Gasteiger partial charge is 0.482 e. The molecule has 2 heterocycles. The molecule has 7 nitrogen and oxygen atoms in total. The summed E-state index contributed by atoms with van der Waals surface area (Å²) in [7, 11) is 0. The van der Waals surface area contributed by atoms with Gasteiger partial charge in [-0.05, 0) is 30.3 Å². The van der Waals surface area contributed by atoms with E-state index in [0.717, 1.165) is 22.7 Å². The summed E-state index contributed by atoms with van der Waals surface area (Å²) in [5.74, 6) is -2.57. The summed E-state index contributed by atoms with van der Waals surface area (Å²) in [6, 6.07) is 7.29. The second-order valence-corrected chi connectivity index (χ2v) is 8.45. The third-order valence-corrected chi connectivity index (χ3v) is 6.23. The number of carbonyl (C=O) groups excluding carboxylic acids is 1. The molecule has 0 fully saturated rings. The van der Waals surface area contributed by atoms with Gasteiger partial charge >= 0.3 is 12.1 Å². The fraction of sp³-hybridized carbons (Fsp3) is 0.227. The fourth-order valence-electron chi connectivity index (χ4n) is 3.58. The number of halogens is 3. The Morgan fingerprint density at radius 1 is 1.24 bits per heavy atom. The van der Waals surface area contributed by atoms with E-state index in [0.29, 0.717) is 17.0 Å². The summed E-state index contributed by atoms with van der Waals surface area (Å²) in [5.41, 5.74) is 2.51. The van der Waals surface area contributed by atoms with Crippen LogP contribution in [0.1, 0.15) is 27.7 Å². The van der Waals surface area contributed by atoms with E-state index >= 15 is 0 Å². The molecule has 0 aliphatic carbocycles. The van der Waals surface area contributed by atoms with Gasteiger partial charge in [-0.1, -0.05) is 17.7 Å². The summed E-state index contributed by atoms with van der Waals surface area (Å²) in [6.45, 7) is -0.965. The van der Waals surface area contributed by atoms with E-state index in [4.69, 9.17) is 26.2 Å². The molecule has 0 bridgehead atoms. The average molecular weight is 495 g/mol. The Balaban J connectivity index is 1.67. The predicted molar refractivity (Wildman–Crippen MR) is 115 cm³/mol. The van der Waals surface area contributed by atoms with Gasteiger partial charge in [-0.3, -0.25) is 4.90 Å². The number of benzene rings is 2. The molecule has 0 radical (unpaired) electrons. The van der Waals surface area contributed by atoms with Gasteiger partial charge in [0.05, 0.1) is 21.6 Å². The van der Waals surface area contributed by atoms with E-state index in [1.807, 2.05) is 0 Å². The Morgan fingerprint density at radius 2 is 2.00 bits per heavy atom. The Hall–Kier alpha value is -3.24. The van der Waals surface area contributed by atoms with Gasteiger partial charge in [-0.2, -0.15) is 0 Å². The highest BCUT2D eigenvalue weighted by Crippen LogP contribution is 2.42. The standard InChI is InChI=1S/C22H17ClF2N2O5S/c23-12-4-5-18(31-10-19(28)29)13(8-12)20-21-17(26-11-33-21)6-7-27(20)22(30)32-9-14-15(24)2-1-3-16(14)25/h1-5,8,11,20H,6-7,9-10H2,(H,28,29)/t20-/m1/s1. The van der Waals surface area contributed by atoms with E-state index in [9.17, 15) is 18.4 Å². The highest BCUT2D eigenvalue weighted by molar-refractivity contribution is 7.09. The molecule has 4 rings (SSSR count). The van der Waals surface area contributed by atoms with Crippen LogP contribution in [0.25, 0.3) is 0 Å².